The molecule has 17 heavy (non-hydrogen) atoms. The average molecular weight is 234 g/mol. The lowest BCUT2D eigenvalue weighted by molar-refractivity contribution is -0.121. The van der Waals surface area contributed by atoms with E-state index in [4.69, 9.17) is 9.47 Å². The topological polar surface area (TPSA) is 35.5 Å². The van der Waals surface area contributed by atoms with Gasteiger partial charge in [0.15, 0.2) is 0 Å². The van der Waals surface area contributed by atoms with Crippen LogP contribution in [0.2, 0.25) is 0 Å². The molecular formula is C14H18O3. The Morgan fingerprint density at radius 2 is 1.71 bits per heavy atom. The first-order chi connectivity index (χ1) is 8.24. The first-order valence-electron chi connectivity index (χ1n) is 6.00. The van der Waals surface area contributed by atoms with Crippen molar-refractivity contribution < 1.29 is 14.3 Å². The molecule has 0 heterocycles. The van der Waals surface area contributed by atoms with Crippen molar-refractivity contribution in [2.45, 2.75) is 31.6 Å². The second-order valence-electron chi connectivity index (χ2n) is 4.41. The van der Waals surface area contributed by atoms with Gasteiger partial charge in [-0.15, -0.1) is 0 Å². The number of carbonyl (C=O) groups is 1. The van der Waals surface area contributed by atoms with E-state index in [0.29, 0.717) is 12.2 Å². The third kappa shape index (κ3) is 2.60. The van der Waals surface area contributed by atoms with Gasteiger partial charge < -0.3 is 9.47 Å². The van der Waals surface area contributed by atoms with Crippen LogP contribution in [0.1, 0.15) is 37.2 Å². The van der Waals surface area contributed by atoms with Gasteiger partial charge >= 0.3 is 0 Å². The number of hydrogen-bond donors (Lipinski definition) is 0. The first kappa shape index (κ1) is 12.0. The summed E-state index contributed by atoms with van der Waals surface area (Å²) < 4.78 is 10.5. The molecule has 1 aromatic rings. The largest absolute Gasteiger partial charge is 0.497 e. The van der Waals surface area contributed by atoms with Crippen LogP contribution in [-0.4, -0.2) is 20.0 Å². The highest BCUT2D eigenvalue weighted by molar-refractivity contribution is 5.86. The van der Waals surface area contributed by atoms with E-state index in [1.54, 1.807) is 14.2 Å². The van der Waals surface area contributed by atoms with Crippen molar-refractivity contribution in [1.82, 2.24) is 0 Å². The van der Waals surface area contributed by atoms with E-state index in [2.05, 4.69) is 0 Å². The van der Waals surface area contributed by atoms with Gasteiger partial charge in [0.25, 0.3) is 0 Å². The Balaban J connectivity index is 2.32. The molecule has 0 radical (unpaired) electrons. The maximum atomic E-state index is 11.9. The van der Waals surface area contributed by atoms with Crippen LogP contribution in [0, 0.1) is 0 Å². The quantitative estimate of drug-likeness (QED) is 0.806. The summed E-state index contributed by atoms with van der Waals surface area (Å²) in [6.45, 7) is 0. The van der Waals surface area contributed by atoms with Crippen molar-refractivity contribution in [2.75, 3.05) is 14.2 Å². The molecule has 0 amide bonds. The van der Waals surface area contributed by atoms with Gasteiger partial charge in [0.2, 0.25) is 0 Å². The van der Waals surface area contributed by atoms with Crippen molar-refractivity contribution >= 4 is 5.78 Å². The number of benzene rings is 1. The number of Topliss-reactive ketones (excluding diaryl/α,β-unsaturated/α-hetero) is 1. The molecule has 2 rings (SSSR count). The second kappa shape index (κ2) is 5.21. The number of carbonyl (C=O) groups excluding carboxylic acids is 1. The Morgan fingerprint density at radius 3 is 2.24 bits per heavy atom. The molecule has 0 aliphatic heterocycles. The molecule has 92 valence electrons. The third-order valence-corrected chi connectivity index (χ3v) is 3.33. The lowest BCUT2D eigenvalue weighted by Crippen LogP contribution is -2.17. The monoisotopic (exact) mass is 234 g/mol. The SMILES string of the molecule is COc1cc(OC)cc([C@H]2CCCCC2=O)c1. The third-order valence-electron chi connectivity index (χ3n) is 3.33. The highest BCUT2D eigenvalue weighted by Gasteiger charge is 2.24. The van der Waals surface area contributed by atoms with Gasteiger partial charge in [-0.05, 0) is 30.5 Å². The highest BCUT2D eigenvalue weighted by atomic mass is 16.5. The molecule has 0 aromatic heterocycles. The van der Waals surface area contributed by atoms with Crippen LogP contribution in [0.5, 0.6) is 11.5 Å². The van der Waals surface area contributed by atoms with E-state index in [1.165, 1.54) is 0 Å². The lowest BCUT2D eigenvalue weighted by atomic mass is 9.83. The molecule has 0 N–H and O–H groups in total. The molecule has 3 nitrogen and oxygen atoms in total. The van der Waals surface area contributed by atoms with Crippen LogP contribution in [0.25, 0.3) is 0 Å². The molecule has 1 saturated carbocycles. The predicted molar refractivity (Wildman–Crippen MR) is 65.8 cm³/mol. The van der Waals surface area contributed by atoms with Gasteiger partial charge in [0.1, 0.15) is 17.3 Å². The highest BCUT2D eigenvalue weighted by Crippen LogP contribution is 2.34. The molecule has 0 bridgehead atoms. The van der Waals surface area contributed by atoms with Crippen LogP contribution in [0.15, 0.2) is 18.2 Å². The molecule has 1 aromatic carbocycles. The van der Waals surface area contributed by atoms with Crippen LogP contribution >= 0.6 is 0 Å². The Morgan fingerprint density at radius 1 is 1.06 bits per heavy atom. The van der Waals surface area contributed by atoms with Crippen LogP contribution in [0.4, 0.5) is 0 Å². The summed E-state index contributed by atoms with van der Waals surface area (Å²) in [7, 11) is 3.25. The van der Waals surface area contributed by atoms with Gasteiger partial charge in [-0.25, -0.2) is 0 Å². The summed E-state index contributed by atoms with van der Waals surface area (Å²) in [5, 5.41) is 0. The summed E-state index contributed by atoms with van der Waals surface area (Å²) in [5.74, 6) is 1.86. The number of rotatable bonds is 3. The predicted octanol–water partition coefficient (Wildman–Crippen LogP) is 2.93. The van der Waals surface area contributed by atoms with Crippen LogP contribution in [-0.2, 0) is 4.79 Å². The fraction of sp³-hybridized carbons (Fsp3) is 0.500. The van der Waals surface area contributed by atoms with Gasteiger partial charge in [-0.3, -0.25) is 4.79 Å². The zero-order valence-corrected chi connectivity index (χ0v) is 10.4. The Hall–Kier alpha value is -1.51. The molecule has 1 aliphatic carbocycles. The minimum absolute atomic E-state index is 0.0211. The normalized spacial score (nSPS) is 20.1. The van der Waals surface area contributed by atoms with Gasteiger partial charge in [-0.1, -0.05) is 6.42 Å². The van der Waals surface area contributed by atoms with Gasteiger partial charge in [0.05, 0.1) is 14.2 Å². The molecule has 3 heteroatoms. The average Bonchev–Trinajstić information content (AvgIpc) is 2.38. The maximum absolute atomic E-state index is 11.9. The number of hydrogen-bond acceptors (Lipinski definition) is 3. The molecule has 1 atom stereocenters. The minimum atomic E-state index is 0.0211. The number of ketones is 1. The Labute approximate surface area is 102 Å². The summed E-state index contributed by atoms with van der Waals surface area (Å²) in [6.07, 6.45) is 3.78. The molecular weight excluding hydrogens is 216 g/mol. The lowest BCUT2D eigenvalue weighted by Gasteiger charge is -2.21. The van der Waals surface area contributed by atoms with E-state index in [0.717, 1.165) is 36.3 Å². The van der Waals surface area contributed by atoms with Gasteiger partial charge in [-0.2, -0.15) is 0 Å². The smallest absolute Gasteiger partial charge is 0.140 e. The zero-order chi connectivity index (χ0) is 12.3. The standard InChI is InChI=1S/C14H18O3/c1-16-11-7-10(8-12(9-11)17-2)13-5-3-4-6-14(13)15/h7-9,13H,3-6H2,1-2H3/t13-/m1/s1. The molecule has 1 aliphatic rings. The molecule has 0 unspecified atom stereocenters. The molecule has 0 spiro atoms. The fourth-order valence-electron chi connectivity index (χ4n) is 2.37. The van der Waals surface area contributed by atoms with E-state index < -0.39 is 0 Å². The maximum Gasteiger partial charge on any atom is 0.140 e. The summed E-state index contributed by atoms with van der Waals surface area (Å²) >= 11 is 0. The van der Waals surface area contributed by atoms with Crippen LogP contribution in [0.3, 0.4) is 0 Å². The molecule has 0 saturated heterocycles. The number of ether oxygens (including phenoxy) is 2. The number of methoxy groups -OCH3 is 2. The van der Waals surface area contributed by atoms with Crippen molar-refractivity contribution in [2.24, 2.45) is 0 Å². The summed E-state index contributed by atoms with van der Waals surface area (Å²) in [6, 6.07) is 5.71. The van der Waals surface area contributed by atoms with Crippen molar-refractivity contribution in [3.63, 3.8) is 0 Å². The molecule has 1 fully saturated rings. The van der Waals surface area contributed by atoms with E-state index in [-0.39, 0.29) is 5.92 Å². The van der Waals surface area contributed by atoms with E-state index >= 15 is 0 Å². The van der Waals surface area contributed by atoms with Crippen molar-refractivity contribution in [3.05, 3.63) is 23.8 Å². The first-order valence-corrected chi connectivity index (χ1v) is 6.00. The van der Waals surface area contributed by atoms with Crippen molar-refractivity contribution in [1.29, 1.82) is 0 Å². The van der Waals surface area contributed by atoms with Crippen LogP contribution < -0.4 is 9.47 Å². The zero-order valence-electron chi connectivity index (χ0n) is 10.4. The fourth-order valence-corrected chi connectivity index (χ4v) is 2.37. The summed E-state index contributed by atoms with van der Waals surface area (Å²) in [5.41, 5.74) is 1.02. The minimum Gasteiger partial charge on any atom is -0.497 e. The van der Waals surface area contributed by atoms with Crippen molar-refractivity contribution in [3.8, 4) is 11.5 Å². The Kier molecular flexibility index (Phi) is 3.67. The van der Waals surface area contributed by atoms with E-state index in [1.807, 2.05) is 18.2 Å². The summed E-state index contributed by atoms with van der Waals surface area (Å²) in [4.78, 5) is 11.9. The Bertz CT molecular complexity index is 390. The van der Waals surface area contributed by atoms with Gasteiger partial charge in [0, 0.05) is 18.4 Å². The van der Waals surface area contributed by atoms with E-state index in [9.17, 15) is 4.79 Å². The second-order valence-corrected chi connectivity index (χ2v) is 4.41.